The van der Waals surface area contributed by atoms with Gasteiger partial charge in [-0.3, -0.25) is 0 Å². The lowest BCUT2D eigenvalue weighted by atomic mass is 9.96. The molecular formula is C37H47N3O2. The molecule has 5 heteroatoms. The normalized spacial score (nSPS) is 11.5. The number of fused-ring (bicyclic) bond motifs is 2. The van der Waals surface area contributed by atoms with Gasteiger partial charge in [-0.05, 0) is 81.9 Å². The highest BCUT2D eigenvalue weighted by Gasteiger charge is 2.10. The molecule has 0 saturated heterocycles. The van der Waals surface area contributed by atoms with Crippen LogP contribution in [0.25, 0.3) is 39.0 Å². The molecule has 1 N–H and O–H groups in total. The molecule has 42 heavy (non-hydrogen) atoms. The molecule has 1 aromatic heterocycles. The van der Waals surface area contributed by atoms with Crippen LogP contribution in [-0.2, 0) is 15.9 Å². The minimum atomic E-state index is 0.763. The van der Waals surface area contributed by atoms with E-state index in [0.717, 1.165) is 23.7 Å². The summed E-state index contributed by atoms with van der Waals surface area (Å²) in [4.78, 5) is 10.1. The summed E-state index contributed by atoms with van der Waals surface area (Å²) >= 11 is 0. The zero-order chi connectivity index (χ0) is 30.3. The largest absolute Gasteiger partial charge is 0.504 e. The number of rotatable bonds is 9. The first-order chi connectivity index (χ1) is 20.4. The van der Waals surface area contributed by atoms with E-state index in [9.17, 15) is 0 Å². The molecule has 0 fully saturated rings. The monoisotopic (exact) mass is 565 g/mol. The Morgan fingerprint density at radius 2 is 1.52 bits per heavy atom. The maximum atomic E-state index is 5.00. The minimum absolute atomic E-state index is 0.763. The number of aromatic amines is 1. The fourth-order valence-electron chi connectivity index (χ4n) is 4.97. The number of ether oxygens (including phenoxy) is 2. The van der Waals surface area contributed by atoms with Crippen LogP contribution in [0.4, 0.5) is 5.69 Å². The smallest absolute Gasteiger partial charge is 0.137 e. The highest BCUT2D eigenvalue weighted by molar-refractivity contribution is 6.01. The third-order valence-corrected chi connectivity index (χ3v) is 7.23. The minimum Gasteiger partial charge on any atom is -0.504 e. The van der Waals surface area contributed by atoms with Crippen molar-refractivity contribution in [1.82, 2.24) is 9.97 Å². The molecule has 1 atom stereocenters. The SMILES string of the molecule is CCCC(CC)Cc1cnc(-c2ccc(N(C)C)cc2)[nH]1.CO/C=C\c1cccc2cc3ccccc3cc12.COC. The first kappa shape index (κ1) is 32.4. The van der Waals surface area contributed by atoms with Gasteiger partial charge in [-0.25, -0.2) is 4.98 Å². The number of nitrogens with one attached hydrogen (secondary N) is 1. The number of benzene rings is 4. The van der Waals surface area contributed by atoms with E-state index >= 15 is 0 Å². The second-order valence-electron chi connectivity index (χ2n) is 10.7. The van der Waals surface area contributed by atoms with Gasteiger partial charge in [0.25, 0.3) is 0 Å². The Kier molecular flexibility index (Phi) is 13.1. The van der Waals surface area contributed by atoms with Gasteiger partial charge < -0.3 is 19.4 Å². The summed E-state index contributed by atoms with van der Waals surface area (Å²) < 4.78 is 9.25. The van der Waals surface area contributed by atoms with Crippen LogP contribution >= 0.6 is 0 Å². The fourth-order valence-corrected chi connectivity index (χ4v) is 4.97. The van der Waals surface area contributed by atoms with Crippen LogP contribution in [0.15, 0.2) is 91.3 Å². The molecule has 1 heterocycles. The van der Waals surface area contributed by atoms with Crippen molar-refractivity contribution in [2.45, 2.75) is 39.5 Å². The lowest BCUT2D eigenvalue weighted by molar-refractivity contribution is 0.277. The summed E-state index contributed by atoms with van der Waals surface area (Å²) in [6.45, 7) is 4.53. The zero-order valence-corrected chi connectivity index (χ0v) is 26.4. The lowest BCUT2D eigenvalue weighted by Crippen LogP contribution is -2.07. The molecular weight excluding hydrogens is 518 g/mol. The van der Waals surface area contributed by atoms with Gasteiger partial charge >= 0.3 is 0 Å². The molecule has 0 amide bonds. The standard InChI is InChI=1S/C18H27N3.C17H14O.C2H6O/c1-5-7-14(6-2)12-16-13-19-18(20-16)15-8-10-17(11-9-15)21(3)4;1-18-10-9-13-7-4-8-16-11-14-5-2-3-6-15(14)12-17(13)16;1-3-2/h8-11,13-14H,5-7,12H2,1-4H3,(H,19,20);2-12H,1H3;1-2H3/b;10-9-;. The molecule has 0 aliphatic carbocycles. The van der Waals surface area contributed by atoms with Crippen LogP contribution < -0.4 is 4.90 Å². The summed E-state index contributed by atoms with van der Waals surface area (Å²) in [6, 6.07) is 27.7. The molecule has 5 nitrogen and oxygen atoms in total. The van der Waals surface area contributed by atoms with Gasteiger partial charge in [-0.15, -0.1) is 0 Å². The van der Waals surface area contributed by atoms with Gasteiger partial charge in [-0.2, -0.15) is 0 Å². The zero-order valence-electron chi connectivity index (χ0n) is 26.4. The van der Waals surface area contributed by atoms with Crippen molar-refractivity contribution < 1.29 is 9.47 Å². The average molecular weight is 566 g/mol. The van der Waals surface area contributed by atoms with E-state index in [1.807, 2.05) is 12.3 Å². The Hall–Kier alpha value is -4.09. The Balaban J connectivity index is 0.000000213. The highest BCUT2D eigenvalue weighted by atomic mass is 16.5. The van der Waals surface area contributed by atoms with Crippen molar-refractivity contribution in [1.29, 1.82) is 0 Å². The molecule has 222 valence electrons. The summed E-state index contributed by atoms with van der Waals surface area (Å²) in [5.41, 5.74) is 4.79. The number of H-pyrrole nitrogens is 1. The van der Waals surface area contributed by atoms with E-state index < -0.39 is 0 Å². The Labute approximate surface area is 252 Å². The molecule has 4 aromatic carbocycles. The summed E-state index contributed by atoms with van der Waals surface area (Å²) in [6.07, 6.45) is 10.6. The second-order valence-corrected chi connectivity index (χ2v) is 10.7. The number of imidazole rings is 1. The van der Waals surface area contributed by atoms with Gasteiger partial charge in [0.1, 0.15) is 5.82 Å². The van der Waals surface area contributed by atoms with Crippen molar-refractivity contribution in [2.75, 3.05) is 40.3 Å². The number of hydrogen-bond donors (Lipinski definition) is 1. The van der Waals surface area contributed by atoms with E-state index in [1.165, 1.54) is 57.8 Å². The third-order valence-electron chi connectivity index (χ3n) is 7.23. The number of nitrogens with zero attached hydrogens (tertiary/aromatic N) is 2. The molecule has 0 radical (unpaired) electrons. The van der Waals surface area contributed by atoms with Crippen molar-refractivity contribution in [3.8, 4) is 11.4 Å². The highest BCUT2D eigenvalue weighted by Crippen LogP contribution is 2.26. The maximum Gasteiger partial charge on any atom is 0.137 e. The molecule has 0 aliphatic heterocycles. The quantitative estimate of drug-likeness (QED) is 0.143. The molecule has 0 aliphatic rings. The Morgan fingerprint density at radius 3 is 2.14 bits per heavy atom. The third kappa shape index (κ3) is 9.22. The van der Waals surface area contributed by atoms with Crippen molar-refractivity contribution in [3.63, 3.8) is 0 Å². The molecule has 5 aromatic rings. The number of anilines is 1. The predicted octanol–water partition coefficient (Wildman–Crippen LogP) is 9.38. The summed E-state index contributed by atoms with van der Waals surface area (Å²) in [5.74, 6) is 1.74. The van der Waals surface area contributed by atoms with E-state index in [-0.39, 0.29) is 0 Å². The van der Waals surface area contributed by atoms with Crippen molar-refractivity contribution >= 4 is 33.3 Å². The molecule has 0 bridgehead atoms. The van der Waals surface area contributed by atoms with Crippen LogP contribution in [0.2, 0.25) is 0 Å². The molecule has 1 unspecified atom stereocenters. The molecule has 0 saturated carbocycles. The van der Waals surface area contributed by atoms with Crippen molar-refractivity contribution in [3.05, 3.63) is 103 Å². The maximum absolute atomic E-state index is 5.00. The fraction of sp³-hybridized carbons (Fsp3) is 0.324. The van der Waals surface area contributed by atoms with Crippen LogP contribution in [0, 0.1) is 5.92 Å². The van der Waals surface area contributed by atoms with Gasteiger partial charge in [0, 0.05) is 51.5 Å². The molecule has 0 spiro atoms. The topological polar surface area (TPSA) is 50.4 Å². The van der Waals surface area contributed by atoms with Crippen molar-refractivity contribution in [2.24, 2.45) is 5.92 Å². The van der Waals surface area contributed by atoms with Gasteiger partial charge in [0.15, 0.2) is 0 Å². The van der Waals surface area contributed by atoms with Crippen LogP contribution in [0.5, 0.6) is 0 Å². The van der Waals surface area contributed by atoms with E-state index in [2.05, 4.69) is 126 Å². The van der Waals surface area contributed by atoms with Crippen LogP contribution in [-0.4, -0.2) is 45.4 Å². The average Bonchev–Trinajstić information content (AvgIpc) is 3.48. The lowest BCUT2D eigenvalue weighted by Gasteiger charge is -2.12. The first-order valence-corrected chi connectivity index (χ1v) is 14.8. The first-order valence-electron chi connectivity index (χ1n) is 14.8. The Morgan fingerprint density at radius 1 is 0.857 bits per heavy atom. The van der Waals surface area contributed by atoms with Crippen LogP contribution in [0.3, 0.4) is 0 Å². The van der Waals surface area contributed by atoms with Crippen LogP contribution in [0.1, 0.15) is 44.4 Å². The number of hydrogen-bond acceptors (Lipinski definition) is 4. The summed E-state index contributed by atoms with van der Waals surface area (Å²) in [7, 11) is 9.02. The van der Waals surface area contributed by atoms with Gasteiger partial charge in [0.2, 0.25) is 0 Å². The summed E-state index contributed by atoms with van der Waals surface area (Å²) in [5, 5.41) is 5.05. The Bertz CT molecular complexity index is 1520. The van der Waals surface area contributed by atoms with Gasteiger partial charge in [-0.1, -0.05) is 75.6 Å². The predicted molar refractivity (Wildman–Crippen MR) is 181 cm³/mol. The van der Waals surface area contributed by atoms with E-state index in [0.29, 0.717) is 0 Å². The number of aromatic nitrogens is 2. The van der Waals surface area contributed by atoms with Gasteiger partial charge in [0.05, 0.1) is 13.4 Å². The van der Waals surface area contributed by atoms with E-state index in [4.69, 9.17) is 4.74 Å². The molecule has 5 rings (SSSR count). The van der Waals surface area contributed by atoms with E-state index in [1.54, 1.807) is 27.6 Å². The second kappa shape index (κ2) is 17.0. The number of methoxy groups -OCH3 is 2.